The van der Waals surface area contributed by atoms with Gasteiger partial charge in [0.2, 0.25) is 0 Å². The SMILES string of the molecule is CCCCCCCCCCCCCCCCCCNC(=O)c1ccc2cc(OC(C)=O)ccc2c1.CCCCCCCCCCCCNC(=O)c1ccc2cc(OC(C)=O)ccc2c1.CCCCCCCCCCCCNC(=O)c1ccc2cc(OC)ccc2c1. The quantitative estimate of drug-likeness (QED) is 0.0194. The lowest BCUT2D eigenvalue weighted by molar-refractivity contribution is -0.132. The smallest absolute Gasteiger partial charge is 0.308 e. The second-order valence-electron chi connectivity index (χ2n) is 25.0. The van der Waals surface area contributed by atoms with Crippen LogP contribution in [0.1, 0.15) is 297 Å². The summed E-state index contributed by atoms with van der Waals surface area (Å²) in [6, 6.07) is 33.8. The molecule has 0 saturated carbocycles. The van der Waals surface area contributed by atoms with Gasteiger partial charge in [0.25, 0.3) is 17.7 Å². The van der Waals surface area contributed by atoms with E-state index in [1.54, 1.807) is 19.2 Å². The van der Waals surface area contributed by atoms with Crippen LogP contribution in [0.4, 0.5) is 0 Å². The molecule has 0 spiro atoms. The van der Waals surface area contributed by atoms with Crippen molar-refractivity contribution in [2.24, 2.45) is 0 Å². The van der Waals surface area contributed by atoms with E-state index < -0.39 is 0 Å². The molecular formula is C80H117N3O8. The van der Waals surface area contributed by atoms with E-state index in [4.69, 9.17) is 14.2 Å². The van der Waals surface area contributed by atoms with Crippen molar-refractivity contribution in [3.63, 3.8) is 0 Å². The monoisotopic (exact) mass is 1250 g/mol. The molecule has 6 aromatic carbocycles. The topological polar surface area (TPSA) is 149 Å². The summed E-state index contributed by atoms with van der Waals surface area (Å²) in [5.74, 6) is 1.14. The van der Waals surface area contributed by atoms with Crippen molar-refractivity contribution in [3.8, 4) is 17.2 Å². The fraction of sp³-hybridized carbons (Fsp3) is 0.562. The lowest BCUT2D eigenvalue weighted by Gasteiger charge is -2.08. The number of nitrogens with one attached hydrogen (secondary N) is 3. The fourth-order valence-electron chi connectivity index (χ4n) is 11.5. The zero-order chi connectivity index (χ0) is 65.4. The van der Waals surface area contributed by atoms with Gasteiger partial charge in [0.1, 0.15) is 17.2 Å². The highest BCUT2D eigenvalue weighted by atomic mass is 16.5. The molecule has 0 heterocycles. The Labute approximate surface area is 549 Å². The molecular weight excluding hydrogens is 1130 g/mol. The van der Waals surface area contributed by atoms with Crippen molar-refractivity contribution in [1.82, 2.24) is 16.0 Å². The number of unbranched alkanes of at least 4 members (excludes halogenated alkanes) is 33. The number of ether oxygens (including phenoxy) is 3. The number of methoxy groups -OCH3 is 1. The molecule has 0 atom stereocenters. The Morgan fingerprint density at radius 1 is 0.275 bits per heavy atom. The normalized spacial score (nSPS) is 10.9. The highest BCUT2D eigenvalue weighted by molar-refractivity contribution is 6.00. The minimum atomic E-state index is -0.340. The van der Waals surface area contributed by atoms with Gasteiger partial charge in [-0.05, 0) is 124 Å². The van der Waals surface area contributed by atoms with E-state index in [0.717, 1.165) is 82.5 Å². The maximum atomic E-state index is 12.5. The average molecular weight is 1250 g/mol. The molecule has 0 aliphatic carbocycles. The van der Waals surface area contributed by atoms with Crippen LogP contribution in [0.3, 0.4) is 0 Å². The van der Waals surface area contributed by atoms with E-state index in [0.29, 0.717) is 22.6 Å². The molecule has 0 fully saturated rings. The van der Waals surface area contributed by atoms with Crippen molar-refractivity contribution in [1.29, 1.82) is 0 Å². The van der Waals surface area contributed by atoms with Crippen LogP contribution in [0, 0.1) is 0 Å². The molecule has 0 bridgehead atoms. The molecule has 3 N–H and O–H groups in total. The number of hydrogen-bond acceptors (Lipinski definition) is 8. The Morgan fingerprint density at radius 2 is 0.484 bits per heavy atom. The van der Waals surface area contributed by atoms with E-state index in [1.165, 1.54) is 226 Å². The first kappa shape index (κ1) is 76.7. The molecule has 0 unspecified atom stereocenters. The van der Waals surface area contributed by atoms with Gasteiger partial charge in [-0.1, -0.05) is 269 Å². The number of carbonyl (C=O) groups is 5. The average Bonchev–Trinajstić information content (AvgIpc) is 1.46. The van der Waals surface area contributed by atoms with Crippen molar-refractivity contribution < 1.29 is 38.2 Å². The molecule has 3 amide bonds. The first-order valence-electron chi connectivity index (χ1n) is 35.8. The molecule has 91 heavy (non-hydrogen) atoms. The number of benzene rings is 6. The number of rotatable bonds is 45. The largest absolute Gasteiger partial charge is 0.497 e. The van der Waals surface area contributed by atoms with Gasteiger partial charge in [-0.25, -0.2) is 0 Å². The van der Waals surface area contributed by atoms with Gasteiger partial charge in [0.15, 0.2) is 0 Å². The first-order chi connectivity index (χ1) is 44.4. The summed E-state index contributed by atoms with van der Waals surface area (Å²) in [5, 5.41) is 15.0. The van der Waals surface area contributed by atoms with Gasteiger partial charge < -0.3 is 30.2 Å². The van der Waals surface area contributed by atoms with Crippen LogP contribution in [-0.2, 0) is 9.59 Å². The molecule has 6 rings (SSSR count). The third-order valence-electron chi connectivity index (χ3n) is 16.9. The second kappa shape index (κ2) is 49.0. The number of amides is 3. The zero-order valence-electron chi connectivity index (χ0n) is 57.2. The van der Waals surface area contributed by atoms with E-state index in [2.05, 4.69) is 36.7 Å². The minimum absolute atomic E-state index is 0.0173. The van der Waals surface area contributed by atoms with Gasteiger partial charge >= 0.3 is 11.9 Å². The Kier molecular flexibility index (Phi) is 41.3. The van der Waals surface area contributed by atoms with Crippen LogP contribution in [0.25, 0.3) is 32.3 Å². The summed E-state index contributed by atoms with van der Waals surface area (Å²) in [4.78, 5) is 59.4. The zero-order valence-corrected chi connectivity index (χ0v) is 57.2. The van der Waals surface area contributed by atoms with Gasteiger partial charge in [-0.15, -0.1) is 0 Å². The van der Waals surface area contributed by atoms with Crippen LogP contribution in [0.15, 0.2) is 109 Å². The summed E-state index contributed by atoms with van der Waals surface area (Å²) in [5.41, 5.74) is 2.04. The van der Waals surface area contributed by atoms with Crippen molar-refractivity contribution in [2.75, 3.05) is 26.7 Å². The van der Waals surface area contributed by atoms with E-state index in [1.807, 2.05) is 97.1 Å². The van der Waals surface area contributed by atoms with Crippen LogP contribution >= 0.6 is 0 Å². The third-order valence-corrected chi connectivity index (χ3v) is 16.9. The van der Waals surface area contributed by atoms with Crippen molar-refractivity contribution in [2.45, 2.75) is 266 Å². The molecule has 11 heteroatoms. The summed E-state index contributed by atoms with van der Waals surface area (Å²) in [6.45, 7) is 11.8. The summed E-state index contributed by atoms with van der Waals surface area (Å²) >= 11 is 0. The first-order valence-corrected chi connectivity index (χ1v) is 35.8. The molecule has 6 aromatic rings. The molecule has 0 radical (unpaired) electrons. The summed E-state index contributed by atoms with van der Waals surface area (Å²) < 4.78 is 15.5. The fourth-order valence-corrected chi connectivity index (χ4v) is 11.5. The summed E-state index contributed by atoms with van der Waals surface area (Å²) in [6.07, 6.45) is 47.6. The van der Waals surface area contributed by atoms with E-state index in [9.17, 15) is 24.0 Å². The minimum Gasteiger partial charge on any atom is -0.497 e. The Balaban J connectivity index is 0.000000294. The second-order valence-corrected chi connectivity index (χ2v) is 25.0. The maximum Gasteiger partial charge on any atom is 0.308 e. The van der Waals surface area contributed by atoms with Gasteiger partial charge in [-0.2, -0.15) is 0 Å². The standard InChI is InChI=1S/C31H47NO3.C25H35NO3.C24H35NO2/c1-3-4-5-6-7-8-9-10-11-12-13-14-15-16-17-18-23-32-31(34)29-20-19-28-25-30(35-26(2)33)22-21-27(28)24-29;1-3-4-5-6-7-8-9-10-11-12-17-26-25(28)23-14-13-22-19-24(29-20(2)27)16-15-21(22)18-23;1-3-4-5-6-7-8-9-10-11-12-17-25-24(26)22-14-13-21-19-23(27-2)16-15-20(21)18-22/h19-22,24-25H,3-18,23H2,1-2H3,(H,32,34);13-16,18-19H,3-12,17H2,1-2H3,(H,26,28);13-16,18-19H,3-12,17H2,1-2H3,(H,25,26). The lowest BCUT2D eigenvalue weighted by Crippen LogP contribution is -2.24. The van der Waals surface area contributed by atoms with Crippen molar-refractivity contribution in [3.05, 3.63) is 126 Å². The van der Waals surface area contributed by atoms with Crippen molar-refractivity contribution >= 4 is 62.0 Å². The number of esters is 2. The van der Waals surface area contributed by atoms with Gasteiger partial charge in [-0.3, -0.25) is 24.0 Å². The number of hydrogen-bond donors (Lipinski definition) is 3. The van der Waals surface area contributed by atoms with E-state index >= 15 is 0 Å². The Hall–Kier alpha value is -6.75. The highest BCUT2D eigenvalue weighted by Crippen LogP contribution is 2.26. The Bertz CT molecular complexity index is 2990. The molecule has 0 aromatic heterocycles. The number of fused-ring (bicyclic) bond motifs is 3. The summed E-state index contributed by atoms with van der Waals surface area (Å²) in [7, 11) is 1.66. The van der Waals surface area contributed by atoms with Crippen LogP contribution in [0.5, 0.6) is 17.2 Å². The molecule has 0 aliphatic heterocycles. The highest BCUT2D eigenvalue weighted by Gasteiger charge is 2.11. The predicted molar refractivity (Wildman–Crippen MR) is 381 cm³/mol. The van der Waals surface area contributed by atoms with Gasteiger partial charge in [0, 0.05) is 50.2 Å². The third kappa shape index (κ3) is 34.5. The molecule has 0 aliphatic rings. The predicted octanol–water partition coefficient (Wildman–Crippen LogP) is 21.7. The molecule has 500 valence electrons. The lowest BCUT2D eigenvalue weighted by atomic mass is 10.0. The Morgan fingerprint density at radius 3 is 0.725 bits per heavy atom. The van der Waals surface area contributed by atoms with Crippen LogP contribution in [-0.4, -0.2) is 56.4 Å². The van der Waals surface area contributed by atoms with E-state index in [-0.39, 0.29) is 29.7 Å². The maximum absolute atomic E-state index is 12.5. The van der Waals surface area contributed by atoms with Gasteiger partial charge in [0.05, 0.1) is 7.11 Å². The molecule has 0 saturated heterocycles. The van der Waals surface area contributed by atoms with Crippen LogP contribution in [0.2, 0.25) is 0 Å². The molecule has 11 nitrogen and oxygen atoms in total. The van der Waals surface area contributed by atoms with Crippen LogP contribution < -0.4 is 30.2 Å². The number of carbonyl (C=O) groups excluding carboxylic acids is 5.